The number of hydrogen-bond donors (Lipinski definition) is 1. The van der Waals surface area contributed by atoms with E-state index in [0.29, 0.717) is 6.42 Å². The number of anilines is 1. The maximum Gasteiger partial charge on any atom is 0.419 e. The zero-order valence-electron chi connectivity index (χ0n) is 15.7. The summed E-state index contributed by atoms with van der Waals surface area (Å²) in [6.07, 6.45) is 3.49. The molecule has 0 amide bonds. The number of nitrogens with zero attached hydrogens (tertiary/aromatic N) is 2. The number of rotatable bonds is 4. The summed E-state index contributed by atoms with van der Waals surface area (Å²) < 4.78 is 6.77. The van der Waals surface area contributed by atoms with Crippen molar-refractivity contribution in [3.63, 3.8) is 0 Å². The van der Waals surface area contributed by atoms with E-state index in [2.05, 4.69) is 53.6 Å². The molecule has 3 aromatic rings. The van der Waals surface area contributed by atoms with Crippen LogP contribution in [0.5, 0.6) is 0 Å². The molecule has 5 nitrogen and oxygen atoms in total. The SMILES string of the molecule is CCNc1ccc2cccc(Cc3cn(C(=O)OC(C)(C)C)cn3)c2c1. The number of fused-ring (bicyclic) bond motifs is 1. The third-order valence-corrected chi connectivity index (χ3v) is 3.97. The summed E-state index contributed by atoms with van der Waals surface area (Å²) in [7, 11) is 0. The minimum Gasteiger partial charge on any atom is -0.443 e. The first-order chi connectivity index (χ1) is 12.4. The first-order valence-corrected chi connectivity index (χ1v) is 8.87. The minimum atomic E-state index is -0.528. The molecule has 0 saturated heterocycles. The highest BCUT2D eigenvalue weighted by atomic mass is 16.6. The Morgan fingerprint density at radius 3 is 2.77 bits per heavy atom. The summed E-state index contributed by atoms with van der Waals surface area (Å²) in [6, 6.07) is 12.6. The van der Waals surface area contributed by atoms with Crippen LogP contribution < -0.4 is 5.32 Å². The molecule has 0 radical (unpaired) electrons. The van der Waals surface area contributed by atoms with E-state index < -0.39 is 11.7 Å². The fraction of sp³-hybridized carbons (Fsp3) is 0.333. The smallest absolute Gasteiger partial charge is 0.419 e. The van der Waals surface area contributed by atoms with Gasteiger partial charge in [0.05, 0.1) is 5.69 Å². The molecule has 1 N–H and O–H groups in total. The van der Waals surface area contributed by atoms with Crippen LogP contribution in [0.15, 0.2) is 48.9 Å². The summed E-state index contributed by atoms with van der Waals surface area (Å²) in [4.78, 5) is 16.5. The quantitative estimate of drug-likeness (QED) is 0.730. The maximum atomic E-state index is 12.1. The Bertz CT molecular complexity index is 922. The topological polar surface area (TPSA) is 56.2 Å². The molecule has 26 heavy (non-hydrogen) atoms. The Morgan fingerprint density at radius 2 is 2.04 bits per heavy atom. The number of imidazole rings is 1. The van der Waals surface area contributed by atoms with Crippen LogP contribution in [0.2, 0.25) is 0 Å². The first-order valence-electron chi connectivity index (χ1n) is 8.87. The van der Waals surface area contributed by atoms with Gasteiger partial charge < -0.3 is 10.1 Å². The van der Waals surface area contributed by atoms with Crippen molar-refractivity contribution in [3.8, 4) is 0 Å². The summed E-state index contributed by atoms with van der Waals surface area (Å²) in [5, 5.41) is 5.73. The molecule has 1 aromatic heterocycles. The third kappa shape index (κ3) is 4.23. The van der Waals surface area contributed by atoms with E-state index in [1.165, 1.54) is 27.2 Å². The van der Waals surface area contributed by atoms with Crippen LogP contribution in [0.25, 0.3) is 10.8 Å². The van der Waals surface area contributed by atoms with E-state index in [1.807, 2.05) is 20.8 Å². The van der Waals surface area contributed by atoms with Crippen LogP contribution in [0.3, 0.4) is 0 Å². The van der Waals surface area contributed by atoms with Crippen molar-refractivity contribution in [2.45, 2.75) is 39.7 Å². The molecule has 3 rings (SSSR count). The number of ether oxygens (including phenoxy) is 1. The van der Waals surface area contributed by atoms with Crippen LogP contribution in [0.1, 0.15) is 39.0 Å². The summed E-state index contributed by atoms with van der Waals surface area (Å²) >= 11 is 0. The van der Waals surface area contributed by atoms with E-state index >= 15 is 0 Å². The lowest BCUT2D eigenvalue weighted by molar-refractivity contribution is 0.0536. The van der Waals surface area contributed by atoms with E-state index in [9.17, 15) is 4.79 Å². The van der Waals surface area contributed by atoms with Gasteiger partial charge in [-0.1, -0.05) is 24.3 Å². The molecule has 0 spiro atoms. The largest absolute Gasteiger partial charge is 0.443 e. The van der Waals surface area contributed by atoms with Crippen LogP contribution >= 0.6 is 0 Å². The van der Waals surface area contributed by atoms with Crippen LogP contribution in [0.4, 0.5) is 10.5 Å². The third-order valence-electron chi connectivity index (χ3n) is 3.97. The van der Waals surface area contributed by atoms with Crippen LogP contribution in [-0.4, -0.2) is 27.8 Å². The second-order valence-corrected chi connectivity index (χ2v) is 7.31. The van der Waals surface area contributed by atoms with Crippen molar-refractivity contribution >= 4 is 22.6 Å². The Morgan fingerprint density at radius 1 is 1.23 bits per heavy atom. The van der Waals surface area contributed by atoms with Gasteiger partial charge in [-0.25, -0.2) is 14.3 Å². The van der Waals surface area contributed by atoms with Crippen molar-refractivity contribution in [1.29, 1.82) is 0 Å². The second-order valence-electron chi connectivity index (χ2n) is 7.31. The highest BCUT2D eigenvalue weighted by molar-refractivity contribution is 5.89. The van der Waals surface area contributed by atoms with Gasteiger partial charge in [0.15, 0.2) is 0 Å². The van der Waals surface area contributed by atoms with Gasteiger partial charge in [-0.2, -0.15) is 0 Å². The molecule has 0 aliphatic carbocycles. The Kier molecular flexibility index (Phi) is 4.98. The molecule has 0 aliphatic rings. The molecule has 0 saturated carbocycles. The predicted octanol–water partition coefficient (Wildman–Crippen LogP) is 4.84. The van der Waals surface area contributed by atoms with Crippen molar-refractivity contribution in [2.24, 2.45) is 0 Å². The summed E-state index contributed by atoms with van der Waals surface area (Å²) in [6.45, 7) is 8.51. The van der Waals surface area contributed by atoms with Crippen molar-refractivity contribution in [3.05, 3.63) is 60.2 Å². The monoisotopic (exact) mass is 351 g/mol. The standard InChI is InChI=1S/C21H25N3O2/c1-5-22-17-10-9-15-7-6-8-16(19(15)12-17)11-18-13-24(14-23-18)20(25)26-21(2,3)4/h6-10,12-14,22H,5,11H2,1-4H3. The predicted molar refractivity (Wildman–Crippen MR) is 105 cm³/mol. The van der Waals surface area contributed by atoms with Crippen LogP contribution in [-0.2, 0) is 11.2 Å². The van der Waals surface area contributed by atoms with Gasteiger partial charge in [-0.05, 0) is 56.2 Å². The van der Waals surface area contributed by atoms with Crippen LogP contribution in [0, 0.1) is 0 Å². The van der Waals surface area contributed by atoms with Crippen molar-refractivity contribution < 1.29 is 9.53 Å². The highest BCUT2D eigenvalue weighted by Crippen LogP contribution is 2.24. The van der Waals surface area contributed by atoms with E-state index in [4.69, 9.17) is 4.74 Å². The van der Waals surface area contributed by atoms with Gasteiger partial charge in [-0.15, -0.1) is 0 Å². The van der Waals surface area contributed by atoms with E-state index in [1.54, 1.807) is 6.20 Å². The second kappa shape index (κ2) is 7.20. The maximum absolute atomic E-state index is 12.1. The molecular weight excluding hydrogens is 326 g/mol. The normalized spacial score (nSPS) is 11.5. The number of hydrogen-bond acceptors (Lipinski definition) is 4. The Balaban J connectivity index is 1.85. The molecule has 136 valence electrons. The zero-order valence-corrected chi connectivity index (χ0v) is 15.7. The average Bonchev–Trinajstić information content (AvgIpc) is 3.03. The minimum absolute atomic E-state index is 0.413. The molecule has 0 unspecified atom stereocenters. The van der Waals surface area contributed by atoms with Gasteiger partial charge in [0.1, 0.15) is 11.9 Å². The Hall–Kier alpha value is -2.82. The average molecular weight is 351 g/mol. The van der Waals surface area contributed by atoms with Crippen molar-refractivity contribution in [2.75, 3.05) is 11.9 Å². The first kappa shape index (κ1) is 18.0. The zero-order chi connectivity index (χ0) is 18.7. The van der Waals surface area contributed by atoms with Gasteiger partial charge >= 0.3 is 6.09 Å². The number of nitrogens with one attached hydrogen (secondary N) is 1. The lowest BCUT2D eigenvalue weighted by Crippen LogP contribution is -2.26. The molecule has 0 atom stereocenters. The lowest BCUT2D eigenvalue weighted by Gasteiger charge is -2.19. The fourth-order valence-electron chi connectivity index (χ4n) is 2.87. The molecular formula is C21H25N3O2. The molecule has 0 aliphatic heterocycles. The Labute approximate surface area is 154 Å². The molecule has 0 bridgehead atoms. The van der Waals surface area contributed by atoms with Gasteiger partial charge in [0, 0.05) is 24.8 Å². The summed E-state index contributed by atoms with van der Waals surface area (Å²) in [5.74, 6) is 0. The molecule has 5 heteroatoms. The van der Waals surface area contributed by atoms with Gasteiger partial charge in [0.25, 0.3) is 0 Å². The lowest BCUT2D eigenvalue weighted by atomic mass is 10.0. The van der Waals surface area contributed by atoms with E-state index in [-0.39, 0.29) is 0 Å². The number of carbonyl (C=O) groups is 1. The van der Waals surface area contributed by atoms with E-state index in [0.717, 1.165) is 17.9 Å². The summed E-state index contributed by atoms with van der Waals surface area (Å²) in [5.41, 5.74) is 2.58. The molecule has 2 aromatic carbocycles. The molecule has 1 heterocycles. The van der Waals surface area contributed by atoms with Gasteiger partial charge in [-0.3, -0.25) is 0 Å². The molecule has 0 fully saturated rings. The fourth-order valence-corrected chi connectivity index (χ4v) is 2.87. The number of aromatic nitrogens is 2. The van der Waals surface area contributed by atoms with Gasteiger partial charge in [0.2, 0.25) is 0 Å². The highest BCUT2D eigenvalue weighted by Gasteiger charge is 2.18. The number of benzene rings is 2. The number of carbonyl (C=O) groups excluding carboxylic acids is 1. The van der Waals surface area contributed by atoms with Crippen molar-refractivity contribution in [1.82, 2.24) is 9.55 Å².